The Morgan fingerprint density at radius 2 is 2.06 bits per heavy atom. The predicted octanol–water partition coefficient (Wildman–Crippen LogP) is 2.72. The number of carbonyl (C=O) groups is 1. The van der Waals surface area contributed by atoms with E-state index in [9.17, 15) is 4.79 Å². The van der Waals surface area contributed by atoms with Crippen LogP contribution in [0.2, 0.25) is 5.02 Å². The van der Waals surface area contributed by atoms with Crippen LogP contribution in [0.25, 0.3) is 0 Å². The summed E-state index contributed by atoms with van der Waals surface area (Å²) in [7, 11) is 0. The molecule has 1 spiro atoms. The van der Waals surface area contributed by atoms with Crippen molar-refractivity contribution in [3.05, 3.63) is 34.9 Å². The molecule has 84 valence electrons. The van der Waals surface area contributed by atoms with Crippen molar-refractivity contribution in [2.75, 3.05) is 6.54 Å². The van der Waals surface area contributed by atoms with Crippen molar-refractivity contribution in [2.45, 2.75) is 25.2 Å². The van der Waals surface area contributed by atoms with Crippen LogP contribution in [0.5, 0.6) is 0 Å². The van der Waals surface area contributed by atoms with Crippen molar-refractivity contribution in [3.63, 3.8) is 0 Å². The molecule has 1 saturated heterocycles. The van der Waals surface area contributed by atoms with E-state index in [1.54, 1.807) is 0 Å². The van der Waals surface area contributed by atoms with Gasteiger partial charge in [-0.05, 0) is 24.5 Å². The van der Waals surface area contributed by atoms with Crippen molar-refractivity contribution >= 4 is 17.5 Å². The first-order chi connectivity index (χ1) is 7.74. The van der Waals surface area contributed by atoms with Crippen LogP contribution in [-0.4, -0.2) is 12.5 Å². The highest BCUT2D eigenvalue weighted by Crippen LogP contribution is 2.54. The number of rotatable bonds is 1. The summed E-state index contributed by atoms with van der Waals surface area (Å²) in [4.78, 5) is 11.9. The summed E-state index contributed by atoms with van der Waals surface area (Å²) in [6, 6.07) is 7.89. The molecule has 0 bridgehead atoms. The van der Waals surface area contributed by atoms with Crippen LogP contribution in [0.1, 0.15) is 30.7 Å². The normalized spacial score (nSPS) is 26.6. The predicted molar refractivity (Wildman–Crippen MR) is 63.5 cm³/mol. The highest BCUT2D eigenvalue weighted by atomic mass is 35.5. The Labute approximate surface area is 100.0 Å². The minimum atomic E-state index is -0.148. The lowest BCUT2D eigenvalue weighted by Gasteiger charge is -2.40. The molecule has 1 atom stereocenters. The number of carbonyl (C=O) groups excluding carboxylic acids is 1. The first-order valence-corrected chi connectivity index (χ1v) is 6.14. The maximum atomic E-state index is 11.9. The molecule has 1 N–H and O–H groups in total. The van der Waals surface area contributed by atoms with Crippen molar-refractivity contribution in [3.8, 4) is 0 Å². The van der Waals surface area contributed by atoms with E-state index in [1.165, 1.54) is 0 Å². The van der Waals surface area contributed by atoms with E-state index in [-0.39, 0.29) is 17.2 Å². The van der Waals surface area contributed by atoms with E-state index in [0.717, 1.165) is 36.4 Å². The van der Waals surface area contributed by atoms with Crippen molar-refractivity contribution in [1.82, 2.24) is 5.32 Å². The molecule has 1 aromatic carbocycles. The van der Waals surface area contributed by atoms with E-state index in [0.29, 0.717) is 0 Å². The van der Waals surface area contributed by atoms with Crippen molar-refractivity contribution < 1.29 is 4.79 Å². The molecule has 2 fully saturated rings. The summed E-state index contributed by atoms with van der Waals surface area (Å²) < 4.78 is 0. The van der Waals surface area contributed by atoms with Crippen molar-refractivity contribution in [1.29, 1.82) is 0 Å². The molecule has 3 heteroatoms. The van der Waals surface area contributed by atoms with Gasteiger partial charge in [-0.25, -0.2) is 0 Å². The van der Waals surface area contributed by atoms with Gasteiger partial charge in [-0.15, -0.1) is 0 Å². The van der Waals surface area contributed by atoms with Crippen LogP contribution in [-0.2, 0) is 4.79 Å². The van der Waals surface area contributed by atoms with Gasteiger partial charge in [0.15, 0.2) is 0 Å². The Balaban J connectivity index is 2.02. The Hall–Kier alpha value is -1.02. The Kier molecular flexibility index (Phi) is 2.21. The minimum absolute atomic E-state index is 0.148. The molecular weight excluding hydrogens is 222 g/mol. The van der Waals surface area contributed by atoms with E-state index >= 15 is 0 Å². The molecule has 2 nitrogen and oxygen atoms in total. The summed E-state index contributed by atoms with van der Waals surface area (Å²) >= 11 is 6.22. The first-order valence-electron chi connectivity index (χ1n) is 5.77. The largest absolute Gasteiger partial charge is 0.355 e. The number of hydrogen-bond acceptors (Lipinski definition) is 1. The molecule has 1 aromatic rings. The second kappa shape index (κ2) is 3.49. The Morgan fingerprint density at radius 3 is 2.69 bits per heavy atom. The Morgan fingerprint density at radius 1 is 1.31 bits per heavy atom. The van der Waals surface area contributed by atoms with Gasteiger partial charge in [0.05, 0.1) is 5.41 Å². The van der Waals surface area contributed by atoms with Crippen LogP contribution in [0, 0.1) is 5.41 Å². The number of benzene rings is 1. The third-order valence-corrected chi connectivity index (χ3v) is 4.46. The molecule has 0 radical (unpaired) electrons. The summed E-state index contributed by atoms with van der Waals surface area (Å²) in [5, 5.41) is 3.78. The smallest absolute Gasteiger partial charge is 0.226 e. The third-order valence-electron chi connectivity index (χ3n) is 4.11. The maximum Gasteiger partial charge on any atom is 0.226 e. The van der Waals surface area contributed by atoms with Gasteiger partial charge in [-0.1, -0.05) is 36.2 Å². The lowest BCUT2D eigenvalue weighted by molar-refractivity contribution is -0.132. The summed E-state index contributed by atoms with van der Waals surface area (Å²) in [5.41, 5.74) is 0.979. The molecule has 2 aliphatic rings. The number of hydrogen-bond donors (Lipinski definition) is 1. The zero-order chi connectivity index (χ0) is 11.2. The van der Waals surface area contributed by atoms with E-state index < -0.39 is 0 Å². The maximum absolute atomic E-state index is 11.9. The van der Waals surface area contributed by atoms with Crippen LogP contribution < -0.4 is 5.32 Å². The molecular formula is C13H14ClNO. The Bertz CT molecular complexity index is 439. The zero-order valence-corrected chi connectivity index (χ0v) is 9.76. The standard InChI is InChI=1S/C13H14ClNO/c14-11-5-2-1-4-9(11)10-8-15-12(16)13(10)6-3-7-13/h1-2,4-5,10H,3,6-8H2,(H,15,16)/t10-/m0/s1. The van der Waals surface area contributed by atoms with Gasteiger partial charge in [-0.3, -0.25) is 4.79 Å². The van der Waals surface area contributed by atoms with Gasteiger partial charge >= 0.3 is 0 Å². The minimum Gasteiger partial charge on any atom is -0.355 e. The second-order valence-corrected chi connectivity index (χ2v) is 5.20. The molecule has 1 saturated carbocycles. The summed E-state index contributed by atoms with van der Waals surface area (Å²) in [5.74, 6) is 0.492. The van der Waals surface area contributed by atoms with Crippen LogP contribution >= 0.6 is 11.6 Å². The highest BCUT2D eigenvalue weighted by Gasteiger charge is 2.54. The average Bonchev–Trinajstić information content (AvgIpc) is 2.56. The van der Waals surface area contributed by atoms with Crippen LogP contribution in [0.3, 0.4) is 0 Å². The van der Waals surface area contributed by atoms with Gasteiger partial charge in [0.25, 0.3) is 0 Å². The molecule has 0 aromatic heterocycles. The SMILES string of the molecule is O=C1NC[C@@H](c2ccccc2Cl)C12CCC2. The van der Waals surface area contributed by atoms with Gasteiger partial charge in [0.1, 0.15) is 0 Å². The van der Waals surface area contributed by atoms with E-state index in [1.807, 2.05) is 24.3 Å². The zero-order valence-electron chi connectivity index (χ0n) is 9.00. The first kappa shape index (κ1) is 10.2. The molecule has 1 aliphatic heterocycles. The fraction of sp³-hybridized carbons (Fsp3) is 0.462. The summed E-state index contributed by atoms with van der Waals surface area (Å²) in [6.45, 7) is 0.739. The number of nitrogens with one attached hydrogen (secondary N) is 1. The fourth-order valence-corrected chi connectivity index (χ4v) is 3.29. The van der Waals surface area contributed by atoms with Gasteiger partial charge < -0.3 is 5.32 Å². The summed E-state index contributed by atoms with van der Waals surface area (Å²) in [6.07, 6.45) is 3.18. The van der Waals surface area contributed by atoms with Gasteiger partial charge in [0, 0.05) is 17.5 Å². The van der Waals surface area contributed by atoms with E-state index in [2.05, 4.69) is 5.32 Å². The van der Waals surface area contributed by atoms with Crippen molar-refractivity contribution in [2.24, 2.45) is 5.41 Å². The third kappa shape index (κ3) is 1.23. The topological polar surface area (TPSA) is 29.1 Å². The number of amides is 1. The molecule has 3 rings (SSSR count). The van der Waals surface area contributed by atoms with Gasteiger partial charge in [-0.2, -0.15) is 0 Å². The number of halogens is 1. The van der Waals surface area contributed by atoms with Crippen LogP contribution in [0.4, 0.5) is 0 Å². The molecule has 1 aliphatic carbocycles. The lowest BCUT2D eigenvalue weighted by Crippen LogP contribution is -2.40. The fourth-order valence-electron chi connectivity index (χ4n) is 3.02. The molecule has 0 unspecified atom stereocenters. The average molecular weight is 236 g/mol. The van der Waals surface area contributed by atoms with Gasteiger partial charge in [0.2, 0.25) is 5.91 Å². The molecule has 1 amide bonds. The molecule has 16 heavy (non-hydrogen) atoms. The monoisotopic (exact) mass is 235 g/mol. The highest BCUT2D eigenvalue weighted by molar-refractivity contribution is 6.31. The van der Waals surface area contributed by atoms with E-state index in [4.69, 9.17) is 11.6 Å². The molecule has 1 heterocycles. The second-order valence-electron chi connectivity index (χ2n) is 4.79. The lowest BCUT2D eigenvalue weighted by atomic mass is 9.61. The quantitative estimate of drug-likeness (QED) is 0.797. The van der Waals surface area contributed by atoms with Crippen LogP contribution in [0.15, 0.2) is 24.3 Å².